The van der Waals surface area contributed by atoms with E-state index in [-0.39, 0.29) is 33.5 Å². The van der Waals surface area contributed by atoms with Crippen molar-refractivity contribution in [3.05, 3.63) is 63.1 Å². The van der Waals surface area contributed by atoms with Crippen LogP contribution in [0.4, 0.5) is 0 Å². The lowest BCUT2D eigenvalue weighted by atomic mass is 10.1. The van der Waals surface area contributed by atoms with Crippen molar-refractivity contribution in [1.29, 1.82) is 5.41 Å². The monoisotopic (exact) mass is 488 g/mol. The quantitative estimate of drug-likeness (QED) is 0.366. The maximum absolute atomic E-state index is 12.6. The number of fused-ring (bicyclic) bond motifs is 1. The first-order valence-corrected chi connectivity index (χ1v) is 10.9. The van der Waals surface area contributed by atoms with Crippen molar-refractivity contribution in [1.82, 2.24) is 5.01 Å². The summed E-state index contributed by atoms with van der Waals surface area (Å²) in [7, 11) is 0. The van der Waals surface area contributed by atoms with Crippen molar-refractivity contribution in [2.75, 3.05) is 6.61 Å². The average molecular weight is 489 g/mol. The van der Waals surface area contributed by atoms with E-state index in [0.717, 1.165) is 0 Å². The molecule has 0 radical (unpaired) electrons. The molecule has 2 aliphatic heterocycles. The van der Waals surface area contributed by atoms with Crippen molar-refractivity contribution in [2.24, 2.45) is 10.1 Å². The van der Waals surface area contributed by atoms with E-state index < -0.39 is 11.9 Å². The Kier molecular flexibility index (Phi) is 6.31. The summed E-state index contributed by atoms with van der Waals surface area (Å²) >= 11 is 13.1. The Morgan fingerprint density at radius 3 is 2.78 bits per heavy atom. The third kappa shape index (κ3) is 4.40. The normalized spacial score (nSPS) is 16.3. The van der Waals surface area contributed by atoms with Crippen molar-refractivity contribution in [3.8, 4) is 11.5 Å². The number of rotatable bonds is 5. The molecule has 11 heteroatoms. The summed E-state index contributed by atoms with van der Waals surface area (Å²) in [6, 6.07) is 9.23. The molecule has 1 amide bonds. The second-order valence-corrected chi connectivity index (χ2v) is 8.06. The molecule has 0 bridgehead atoms. The van der Waals surface area contributed by atoms with Crippen LogP contribution in [0.5, 0.6) is 11.5 Å². The Bertz CT molecular complexity index is 1240. The number of esters is 1. The summed E-state index contributed by atoms with van der Waals surface area (Å²) in [5, 5.41) is 14.5. The molecule has 2 aromatic carbocycles. The van der Waals surface area contributed by atoms with Gasteiger partial charge in [0.25, 0.3) is 5.91 Å². The van der Waals surface area contributed by atoms with E-state index in [9.17, 15) is 9.59 Å². The molecule has 1 N–H and O–H groups in total. The van der Waals surface area contributed by atoms with Crippen LogP contribution in [0.3, 0.4) is 0 Å². The fourth-order valence-corrected chi connectivity index (χ4v) is 3.98. The van der Waals surface area contributed by atoms with Gasteiger partial charge < -0.3 is 9.47 Å². The van der Waals surface area contributed by atoms with Crippen LogP contribution in [0.25, 0.3) is 6.08 Å². The number of benzene rings is 2. The van der Waals surface area contributed by atoms with Crippen LogP contribution in [0, 0.1) is 5.41 Å². The van der Waals surface area contributed by atoms with E-state index >= 15 is 0 Å². The minimum atomic E-state index is -0.672. The summed E-state index contributed by atoms with van der Waals surface area (Å²) in [5.74, 6) is -0.823. The smallest absolute Gasteiger partial charge is 0.345 e. The van der Waals surface area contributed by atoms with Gasteiger partial charge in [-0.25, -0.2) is 4.79 Å². The molecule has 2 aromatic rings. The standard InChI is InChI=1S/C21H14Cl2N4O4S/c1-2-30-17-8-11(7-14-18(24)27-21(26-19(14)28)32-10-25-27)3-6-16(17)31-20(29)13-5-4-12(22)9-15(13)23/h3-10,24H,2H2,1H3/b14-7+,24-18?. The van der Waals surface area contributed by atoms with Gasteiger partial charge in [-0.3, -0.25) is 10.2 Å². The zero-order chi connectivity index (χ0) is 22.8. The predicted octanol–water partition coefficient (Wildman–Crippen LogP) is 4.86. The predicted molar refractivity (Wildman–Crippen MR) is 125 cm³/mol. The topological polar surface area (TPSA) is 104 Å². The summed E-state index contributed by atoms with van der Waals surface area (Å²) in [6.07, 6.45) is 1.51. The highest BCUT2D eigenvalue weighted by molar-refractivity contribution is 8.25. The second-order valence-electron chi connectivity index (χ2n) is 6.41. The molecule has 0 spiro atoms. The minimum Gasteiger partial charge on any atom is -0.490 e. The number of amides is 1. The van der Waals surface area contributed by atoms with Crippen LogP contribution in [0.2, 0.25) is 10.0 Å². The number of ether oxygens (including phenoxy) is 2. The molecule has 2 heterocycles. The van der Waals surface area contributed by atoms with E-state index in [1.807, 2.05) is 0 Å². The number of carbonyl (C=O) groups is 2. The van der Waals surface area contributed by atoms with Gasteiger partial charge in [0.1, 0.15) is 0 Å². The number of hydrazone groups is 1. The van der Waals surface area contributed by atoms with Gasteiger partial charge in [-0.15, -0.1) is 0 Å². The highest BCUT2D eigenvalue weighted by atomic mass is 35.5. The zero-order valence-corrected chi connectivity index (χ0v) is 18.8. The number of nitrogens with zero attached hydrogens (tertiary/aromatic N) is 3. The van der Waals surface area contributed by atoms with E-state index in [2.05, 4.69) is 10.1 Å². The number of halogens is 2. The molecule has 162 valence electrons. The average Bonchev–Trinajstić information content (AvgIpc) is 3.21. The van der Waals surface area contributed by atoms with Crippen LogP contribution in [-0.2, 0) is 4.79 Å². The summed E-state index contributed by atoms with van der Waals surface area (Å²) in [6.45, 7) is 2.10. The summed E-state index contributed by atoms with van der Waals surface area (Å²) in [5.41, 5.74) is 2.30. The Morgan fingerprint density at radius 1 is 1.22 bits per heavy atom. The third-order valence-corrected chi connectivity index (χ3v) is 5.55. The molecule has 4 rings (SSSR count). The van der Waals surface area contributed by atoms with Gasteiger partial charge in [-0.2, -0.15) is 15.1 Å². The van der Waals surface area contributed by atoms with E-state index in [1.165, 1.54) is 52.7 Å². The van der Waals surface area contributed by atoms with Gasteiger partial charge in [0.2, 0.25) is 0 Å². The summed E-state index contributed by atoms with van der Waals surface area (Å²) in [4.78, 5) is 28.9. The van der Waals surface area contributed by atoms with Crippen LogP contribution in [0.15, 0.2) is 52.1 Å². The number of amidine groups is 2. The third-order valence-electron chi connectivity index (χ3n) is 4.33. The molecule has 8 nitrogen and oxygen atoms in total. The molecule has 0 atom stereocenters. The van der Waals surface area contributed by atoms with Gasteiger partial charge in [0, 0.05) is 5.02 Å². The van der Waals surface area contributed by atoms with Crippen molar-refractivity contribution in [3.63, 3.8) is 0 Å². The number of carbonyl (C=O) groups excluding carboxylic acids is 2. The van der Waals surface area contributed by atoms with Gasteiger partial charge >= 0.3 is 5.97 Å². The first-order chi connectivity index (χ1) is 15.4. The number of aliphatic imine (C=N–C) groups is 1. The van der Waals surface area contributed by atoms with E-state index in [4.69, 9.17) is 38.1 Å². The first kappa shape index (κ1) is 22.1. The molecule has 0 aliphatic carbocycles. The fourth-order valence-electron chi connectivity index (χ4n) is 2.88. The molecule has 2 aliphatic rings. The summed E-state index contributed by atoms with van der Waals surface area (Å²) < 4.78 is 11.1. The molecule has 0 fully saturated rings. The van der Waals surface area contributed by atoms with Crippen molar-refractivity contribution >= 4 is 69.5 Å². The molecule has 0 saturated heterocycles. The SMILES string of the molecule is CCOc1cc(/C=C2\C(=N)N3N=CSC3=NC2=O)ccc1OC(=O)c1ccc(Cl)cc1Cl. The Labute approximate surface area is 197 Å². The number of thioether (sulfide) groups is 1. The maximum atomic E-state index is 12.6. The highest BCUT2D eigenvalue weighted by Crippen LogP contribution is 2.32. The number of hydrogen-bond donors (Lipinski definition) is 1. The number of nitrogens with one attached hydrogen (secondary N) is 1. The van der Waals surface area contributed by atoms with Crippen molar-refractivity contribution < 1.29 is 19.1 Å². The fraction of sp³-hybridized carbons (Fsp3) is 0.0952. The van der Waals surface area contributed by atoms with Gasteiger partial charge in [-0.1, -0.05) is 29.3 Å². The van der Waals surface area contributed by atoms with Crippen molar-refractivity contribution in [2.45, 2.75) is 6.92 Å². The highest BCUT2D eigenvalue weighted by Gasteiger charge is 2.32. The lowest BCUT2D eigenvalue weighted by molar-refractivity contribution is -0.114. The lowest BCUT2D eigenvalue weighted by Gasteiger charge is -2.20. The maximum Gasteiger partial charge on any atom is 0.345 e. The van der Waals surface area contributed by atoms with E-state index in [0.29, 0.717) is 22.4 Å². The minimum absolute atomic E-state index is 0.0768. The Balaban J connectivity index is 1.63. The van der Waals surface area contributed by atoms with Gasteiger partial charge in [0.05, 0.1) is 28.3 Å². The molecular weight excluding hydrogens is 475 g/mol. The van der Waals surface area contributed by atoms with Crippen LogP contribution < -0.4 is 9.47 Å². The van der Waals surface area contributed by atoms with Gasteiger partial charge in [-0.05, 0) is 60.7 Å². The Morgan fingerprint density at radius 2 is 2.03 bits per heavy atom. The van der Waals surface area contributed by atoms with Crippen LogP contribution in [-0.4, -0.2) is 40.0 Å². The molecular formula is C21H14Cl2N4O4S. The molecule has 0 aromatic heterocycles. The van der Waals surface area contributed by atoms with Gasteiger partial charge in [0.15, 0.2) is 22.5 Å². The molecule has 0 unspecified atom stereocenters. The van der Waals surface area contributed by atoms with E-state index in [1.54, 1.807) is 19.1 Å². The molecule has 32 heavy (non-hydrogen) atoms. The first-order valence-electron chi connectivity index (χ1n) is 9.24. The Hall–Kier alpha value is -3.14. The largest absolute Gasteiger partial charge is 0.490 e. The molecule has 0 saturated carbocycles. The van der Waals surface area contributed by atoms with Crippen LogP contribution >= 0.6 is 35.0 Å². The zero-order valence-electron chi connectivity index (χ0n) is 16.5. The lowest BCUT2D eigenvalue weighted by Crippen LogP contribution is -2.35. The number of hydrogen-bond acceptors (Lipinski definition) is 7. The second kappa shape index (κ2) is 9.15. The van der Waals surface area contributed by atoms with Crippen LogP contribution in [0.1, 0.15) is 22.8 Å².